The third kappa shape index (κ3) is 10.7. The largest absolute Gasteiger partial charge is 0.490 e. The summed E-state index contributed by atoms with van der Waals surface area (Å²) >= 11 is 0. The van der Waals surface area contributed by atoms with E-state index in [4.69, 9.17) is 9.47 Å². The number of aliphatic carboxylic acids is 1. The van der Waals surface area contributed by atoms with E-state index in [0.29, 0.717) is 24.1 Å². The Kier molecular flexibility index (Phi) is 13.4. The number of aromatic nitrogens is 1. The molecule has 12 heteroatoms. The van der Waals surface area contributed by atoms with Crippen molar-refractivity contribution in [1.29, 1.82) is 0 Å². The number of hydrogen-bond donors (Lipinski definition) is 2. The van der Waals surface area contributed by atoms with Gasteiger partial charge < -0.3 is 34.6 Å². The van der Waals surface area contributed by atoms with Crippen LogP contribution in [0.5, 0.6) is 5.75 Å². The van der Waals surface area contributed by atoms with Gasteiger partial charge in [0.25, 0.3) is 5.91 Å². The van der Waals surface area contributed by atoms with Crippen molar-refractivity contribution in [2.45, 2.75) is 83.9 Å². The summed E-state index contributed by atoms with van der Waals surface area (Å²) < 4.78 is 11.7. The van der Waals surface area contributed by atoms with Crippen LogP contribution >= 0.6 is 0 Å². The van der Waals surface area contributed by atoms with Crippen LogP contribution in [0.2, 0.25) is 0 Å². The van der Waals surface area contributed by atoms with Crippen LogP contribution in [-0.4, -0.2) is 113 Å². The summed E-state index contributed by atoms with van der Waals surface area (Å²) in [5, 5.41) is 12.1. The Labute approximate surface area is 277 Å². The highest BCUT2D eigenvalue weighted by molar-refractivity contribution is 5.97. The van der Waals surface area contributed by atoms with E-state index in [1.54, 1.807) is 15.9 Å². The molecule has 4 rings (SSSR count). The van der Waals surface area contributed by atoms with Crippen molar-refractivity contribution < 1.29 is 33.8 Å². The zero-order valence-corrected chi connectivity index (χ0v) is 27.9. The minimum atomic E-state index is -1.09. The van der Waals surface area contributed by atoms with Gasteiger partial charge in [0.1, 0.15) is 23.6 Å². The first-order chi connectivity index (χ1) is 22.6. The number of unbranched alkanes of at least 4 members (excludes halogenated alkanes) is 2. The summed E-state index contributed by atoms with van der Waals surface area (Å²) in [7, 11) is 0. The van der Waals surface area contributed by atoms with Gasteiger partial charge in [0.15, 0.2) is 0 Å². The number of nitrogens with one attached hydrogen (secondary N) is 1. The number of ether oxygens (including phenoxy) is 2. The number of piperidine rings is 1. The molecule has 2 aliphatic rings. The maximum absolute atomic E-state index is 13.7. The Morgan fingerprint density at radius 1 is 0.957 bits per heavy atom. The van der Waals surface area contributed by atoms with Crippen molar-refractivity contribution in [3.8, 4) is 17.0 Å². The first-order valence-electron chi connectivity index (χ1n) is 16.9. The lowest BCUT2D eigenvalue weighted by Gasteiger charge is -2.36. The fourth-order valence-electron chi connectivity index (χ4n) is 5.84. The highest BCUT2D eigenvalue weighted by Crippen LogP contribution is 2.26. The SMILES string of the molecule is CCCCCOC(=O)N1CCN(C(=O)[C@H](CCC(=O)O)NC(=O)c2cc(OC3CCN(C(C)C)CC3)cc(-c3ccccc3)n2)CC1. The number of carbonyl (C=O) groups excluding carboxylic acids is 3. The average molecular weight is 652 g/mol. The first kappa shape index (κ1) is 35.7. The Morgan fingerprint density at radius 2 is 1.64 bits per heavy atom. The summed E-state index contributed by atoms with van der Waals surface area (Å²) in [4.78, 5) is 61.4. The molecule has 47 heavy (non-hydrogen) atoms. The molecule has 2 fully saturated rings. The standard InChI is InChI=1S/C35H49N5O7/c1-4-5-9-22-46-35(45)40-20-18-39(19-21-40)34(44)29(12-13-32(41)42)37-33(43)31-24-28(23-30(36-31)26-10-7-6-8-11-26)47-27-14-16-38(17-15-27)25(2)3/h6-8,10-11,23-25,27,29H,4-5,9,12-22H2,1-3H3,(H,37,43)(H,41,42)/t29-/m0/s1. The molecule has 0 bridgehead atoms. The van der Waals surface area contributed by atoms with Crippen LogP contribution in [0.3, 0.4) is 0 Å². The zero-order valence-electron chi connectivity index (χ0n) is 27.9. The molecular weight excluding hydrogens is 602 g/mol. The molecule has 2 N–H and O–H groups in total. The fraction of sp³-hybridized carbons (Fsp3) is 0.571. The number of pyridine rings is 1. The molecule has 1 atom stereocenters. The highest BCUT2D eigenvalue weighted by Gasteiger charge is 2.31. The van der Waals surface area contributed by atoms with E-state index in [-0.39, 0.29) is 50.8 Å². The summed E-state index contributed by atoms with van der Waals surface area (Å²) in [5.41, 5.74) is 1.44. The second-order valence-electron chi connectivity index (χ2n) is 12.5. The van der Waals surface area contributed by atoms with Crippen LogP contribution < -0.4 is 10.1 Å². The highest BCUT2D eigenvalue weighted by atomic mass is 16.6. The van der Waals surface area contributed by atoms with Crippen LogP contribution in [0, 0.1) is 0 Å². The van der Waals surface area contributed by atoms with E-state index in [9.17, 15) is 24.3 Å². The van der Waals surface area contributed by atoms with E-state index in [0.717, 1.165) is 50.8 Å². The normalized spacial score (nSPS) is 16.5. The zero-order chi connectivity index (χ0) is 33.8. The maximum atomic E-state index is 13.7. The minimum Gasteiger partial charge on any atom is -0.490 e. The quantitative estimate of drug-likeness (QED) is 0.284. The molecule has 2 aliphatic heterocycles. The van der Waals surface area contributed by atoms with Crippen LogP contribution in [0.1, 0.15) is 76.2 Å². The van der Waals surface area contributed by atoms with Crippen LogP contribution in [0.25, 0.3) is 11.3 Å². The molecule has 0 unspecified atom stereocenters. The molecule has 2 aromatic rings. The Morgan fingerprint density at radius 3 is 2.28 bits per heavy atom. The molecular formula is C35H49N5O7. The van der Waals surface area contributed by atoms with Gasteiger partial charge in [-0.2, -0.15) is 0 Å². The number of amides is 3. The van der Waals surface area contributed by atoms with Gasteiger partial charge in [-0.3, -0.25) is 14.4 Å². The summed E-state index contributed by atoms with van der Waals surface area (Å²) in [5.74, 6) is -1.56. The van der Waals surface area contributed by atoms with E-state index < -0.39 is 29.9 Å². The lowest BCUT2D eigenvalue weighted by Crippen LogP contribution is -2.56. The van der Waals surface area contributed by atoms with Crippen molar-refractivity contribution >= 4 is 23.9 Å². The maximum Gasteiger partial charge on any atom is 0.409 e. The number of likely N-dealkylation sites (tertiary alicyclic amines) is 1. The van der Waals surface area contributed by atoms with Crippen molar-refractivity contribution in [3.05, 3.63) is 48.2 Å². The monoisotopic (exact) mass is 651 g/mol. The number of benzene rings is 1. The summed E-state index contributed by atoms with van der Waals surface area (Å²) in [6, 6.07) is 12.3. The predicted octanol–water partition coefficient (Wildman–Crippen LogP) is 4.43. The number of nitrogens with zero attached hydrogens (tertiary/aromatic N) is 4. The molecule has 1 aromatic heterocycles. The summed E-state index contributed by atoms with van der Waals surface area (Å²) in [6.07, 6.45) is 3.73. The molecule has 256 valence electrons. The van der Waals surface area contributed by atoms with Crippen molar-refractivity contribution in [3.63, 3.8) is 0 Å². The predicted molar refractivity (Wildman–Crippen MR) is 177 cm³/mol. The first-order valence-corrected chi connectivity index (χ1v) is 16.9. The average Bonchev–Trinajstić information content (AvgIpc) is 3.08. The van der Waals surface area contributed by atoms with Gasteiger partial charge in [0, 0.05) is 69.4 Å². The number of carboxylic acids is 1. The Hall–Kier alpha value is -4.19. The number of hydrogen-bond acceptors (Lipinski definition) is 8. The Balaban J connectivity index is 1.46. The molecule has 12 nitrogen and oxygen atoms in total. The number of rotatable bonds is 14. The van der Waals surface area contributed by atoms with Crippen molar-refractivity contribution in [2.24, 2.45) is 0 Å². The second kappa shape index (κ2) is 17.7. The van der Waals surface area contributed by atoms with Gasteiger partial charge >= 0.3 is 12.1 Å². The lowest BCUT2D eigenvalue weighted by atomic mass is 10.1. The molecule has 3 heterocycles. The van der Waals surface area contributed by atoms with E-state index in [1.807, 2.05) is 36.4 Å². The smallest absolute Gasteiger partial charge is 0.409 e. The molecule has 1 aromatic carbocycles. The van der Waals surface area contributed by atoms with E-state index >= 15 is 0 Å². The second-order valence-corrected chi connectivity index (χ2v) is 12.5. The number of carboxylic acid groups (broad SMARTS) is 1. The molecule has 0 spiro atoms. The van der Waals surface area contributed by atoms with Gasteiger partial charge in [-0.1, -0.05) is 50.1 Å². The van der Waals surface area contributed by atoms with Gasteiger partial charge in [0.2, 0.25) is 5.91 Å². The molecule has 0 aliphatic carbocycles. The van der Waals surface area contributed by atoms with Crippen molar-refractivity contribution in [2.75, 3.05) is 45.9 Å². The van der Waals surface area contributed by atoms with Crippen molar-refractivity contribution in [1.82, 2.24) is 25.0 Å². The third-order valence-corrected chi connectivity index (χ3v) is 8.68. The van der Waals surface area contributed by atoms with Crippen LogP contribution in [0.15, 0.2) is 42.5 Å². The third-order valence-electron chi connectivity index (χ3n) is 8.68. The van der Waals surface area contributed by atoms with Gasteiger partial charge in [0.05, 0.1) is 12.3 Å². The molecule has 0 saturated carbocycles. The molecule has 3 amide bonds. The minimum absolute atomic E-state index is 0.0101. The topological polar surface area (TPSA) is 142 Å². The van der Waals surface area contributed by atoms with E-state index in [1.165, 1.54) is 0 Å². The number of piperazine rings is 1. The molecule has 0 radical (unpaired) electrons. The van der Waals surface area contributed by atoms with Crippen LogP contribution in [-0.2, 0) is 14.3 Å². The van der Waals surface area contributed by atoms with Crippen LogP contribution in [0.4, 0.5) is 4.79 Å². The fourth-order valence-corrected chi connectivity index (χ4v) is 5.84. The molecule has 2 saturated heterocycles. The number of carbonyl (C=O) groups is 4. The van der Waals surface area contributed by atoms with Gasteiger partial charge in [-0.25, -0.2) is 9.78 Å². The Bertz CT molecular complexity index is 1340. The van der Waals surface area contributed by atoms with Gasteiger partial charge in [-0.15, -0.1) is 0 Å². The summed E-state index contributed by atoms with van der Waals surface area (Å²) in [6.45, 7) is 9.72. The lowest BCUT2D eigenvalue weighted by molar-refractivity contribution is -0.138. The van der Waals surface area contributed by atoms with E-state index in [2.05, 4.69) is 36.0 Å². The van der Waals surface area contributed by atoms with Gasteiger partial charge in [-0.05, 0) is 39.5 Å².